The maximum absolute atomic E-state index is 10.6. The lowest BCUT2D eigenvalue weighted by Gasteiger charge is -2.09. The van der Waals surface area contributed by atoms with Gasteiger partial charge in [-0.05, 0) is 36.2 Å². The van der Waals surface area contributed by atoms with Crippen LogP contribution in [0.5, 0.6) is 5.75 Å². The van der Waals surface area contributed by atoms with Crippen LogP contribution in [0.25, 0.3) is 11.1 Å². The van der Waals surface area contributed by atoms with Crippen LogP contribution in [0.3, 0.4) is 0 Å². The second-order valence-electron chi connectivity index (χ2n) is 4.01. The summed E-state index contributed by atoms with van der Waals surface area (Å²) >= 11 is 0. The maximum Gasteiger partial charge on any atom is 0.269 e. The number of ether oxygens (including phenoxy) is 1. The predicted molar refractivity (Wildman–Crippen MR) is 69.8 cm³/mol. The van der Waals surface area contributed by atoms with E-state index in [2.05, 4.69) is 0 Å². The Morgan fingerprint density at radius 1 is 1.11 bits per heavy atom. The molecular weight excluding hydrogens is 230 g/mol. The Labute approximate surface area is 105 Å². The number of methoxy groups -OCH3 is 1. The van der Waals surface area contributed by atoms with E-state index in [1.54, 1.807) is 19.2 Å². The van der Waals surface area contributed by atoms with Gasteiger partial charge in [0, 0.05) is 17.7 Å². The van der Waals surface area contributed by atoms with Gasteiger partial charge in [0.1, 0.15) is 5.75 Å². The fourth-order valence-electron chi connectivity index (χ4n) is 1.80. The van der Waals surface area contributed by atoms with Crippen molar-refractivity contribution in [1.29, 1.82) is 0 Å². The molecule has 4 nitrogen and oxygen atoms in total. The third-order valence-corrected chi connectivity index (χ3v) is 2.75. The van der Waals surface area contributed by atoms with Gasteiger partial charge in [0.25, 0.3) is 5.69 Å². The summed E-state index contributed by atoms with van der Waals surface area (Å²) in [7, 11) is 1.61. The molecule has 0 fully saturated rings. The van der Waals surface area contributed by atoms with E-state index in [1.807, 2.05) is 25.1 Å². The summed E-state index contributed by atoms with van der Waals surface area (Å²) in [5.41, 5.74) is 3.03. The fraction of sp³-hybridized carbons (Fsp3) is 0.143. The van der Waals surface area contributed by atoms with Crippen LogP contribution < -0.4 is 4.74 Å². The van der Waals surface area contributed by atoms with Gasteiger partial charge in [-0.25, -0.2) is 0 Å². The number of rotatable bonds is 3. The van der Waals surface area contributed by atoms with Crippen LogP contribution in [0.4, 0.5) is 5.69 Å². The van der Waals surface area contributed by atoms with Crippen molar-refractivity contribution >= 4 is 5.69 Å². The van der Waals surface area contributed by atoms with Gasteiger partial charge in [-0.2, -0.15) is 0 Å². The van der Waals surface area contributed by atoms with Gasteiger partial charge in [0.05, 0.1) is 12.0 Å². The number of nitrogens with zero attached hydrogens (tertiary/aromatic N) is 1. The molecule has 0 bridgehead atoms. The number of nitro benzene ring substituents is 1. The van der Waals surface area contributed by atoms with Gasteiger partial charge >= 0.3 is 0 Å². The van der Waals surface area contributed by atoms with Crippen molar-refractivity contribution in [2.45, 2.75) is 6.92 Å². The van der Waals surface area contributed by atoms with Crippen molar-refractivity contribution in [2.24, 2.45) is 0 Å². The monoisotopic (exact) mass is 243 g/mol. The van der Waals surface area contributed by atoms with Gasteiger partial charge in [-0.3, -0.25) is 10.1 Å². The van der Waals surface area contributed by atoms with Crippen molar-refractivity contribution < 1.29 is 9.66 Å². The molecule has 0 aliphatic heterocycles. The van der Waals surface area contributed by atoms with E-state index in [0.29, 0.717) is 0 Å². The number of non-ortho nitro benzene ring substituents is 1. The van der Waals surface area contributed by atoms with Gasteiger partial charge in [0.2, 0.25) is 0 Å². The molecule has 0 unspecified atom stereocenters. The Hall–Kier alpha value is -2.36. The number of hydrogen-bond acceptors (Lipinski definition) is 3. The summed E-state index contributed by atoms with van der Waals surface area (Å²) < 4.78 is 5.32. The zero-order valence-corrected chi connectivity index (χ0v) is 10.2. The maximum atomic E-state index is 10.6. The molecule has 2 rings (SSSR count). The van der Waals surface area contributed by atoms with Gasteiger partial charge in [-0.15, -0.1) is 0 Å². The molecule has 0 spiro atoms. The van der Waals surface area contributed by atoms with Gasteiger partial charge < -0.3 is 4.74 Å². The Balaban J connectivity index is 2.45. The molecular formula is C14H13NO3. The minimum atomic E-state index is -0.407. The SMILES string of the molecule is COc1cc(C)ccc1-c1ccc([N+](=O)[O-])cc1. The number of benzene rings is 2. The Morgan fingerprint density at radius 2 is 1.78 bits per heavy atom. The highest BCUT2D eigenvalue weighted by Crippen LogP contribution is 2.31. The van der Waals surface area contributed by atoms with E-state index in [4.69, 9.17) is 4.74 Å². The minimum absolute atomic E-state index is 0.0878. The van der Waals surface area contributed by atoms with E-state index in [-0.39, 0.29) is 5.69 Å². The molecule has 92 valence electrons. The topological polar surface area (TPSA) is 52.4 Å². The van der Waals surface area contributed by atoms with Crippen molar-refractivity contribution in [3.63, 3.8) is 0 Å². The summed E-state index contributed by atoms with van der Waals surface area (Å²) in [6.07, 6.45) is 0. The van der Waals surface area contributed by atoms with E-state index in [0.717, 1.165) is 22.4 Å². The number of aryl methyl sites for hydroxylation is 1. The molecule has 0 aromatic heterocycles. The normalized spacial score (nSPS) is 10.1. The minimum Gasteiger partial charge on any atom is -0.496 e. The van der Waals surface area contributed by atoms with Gasteiger partial charge in [0.15, 0.2) is 0 Å². The van der Waals surface area contributed by atoms with E-state index >= 15 is 0 Å². The van der Waals surface area contributed by atoms with E-state index in [1.165, 1.54) is 12.1 Å². The Bertz CT molecular complexity index is 576. The molecule has 4 heteroatoms. The molecule has 0 N–H and O–H groups in total. The fourth-order valence-corrected chi connectivity index (χ4v) is 1.80. The first-order valence-electron chi connectivity index (χ1n) is 5.51. The second-order valence-corrected chi connectivity index (χ2v) is 4.01. The molecule has 2 aromatic carbocycles. The molecule has 2 aromatic rings. The van der Waals surface area contributed by atoms with Crippen molar-refractivity contribution in [1.82, 2.24) is 0 Å². The highest BCUT2D eigenvalue weighted by Gasteiger charge is 2.08. The Morgan fingerprint density at radius 3 is 2.33 bits per heavy atom. The lowest BCUT2D eigenvalue weighted by molar-refractivity contribution is -0.384. The quantitative estimate of drug-likeness (QED) is 0.611. The largest absolute Gasteiger partial charge is 0.496 e. The third-order valence-electron chi connectivity index (χ3n) is 2.75. The summed E-state index contributed by atoms with van der Waals surface area (Å²) in [5.74, 6) is 0.767. The zero-order chi connectivity index (χ0) is 13.1. The van der Waals surface area contributed by atoms with Gasteiger partial charge in [-0.1, -0.05) is 12.1 Å². The van der Waals surface area contributed by atoms with Crippen molar-refractivity contribution in [3.05, 3.63) is 58.1 Å². The zero-order valence-electron chi connectivity index (χ0n) is 10.2. The van der Waals surface area contributed by atoms with Crippen LogP contribution in [0.15, 0.2) is 42.5 Å². The average Bonchev–Trinajstić information content (AvgIpc) is 2.38. The summed E-state index contributed by atoms with van der Waals surface area (Å²) in [4.78, 5) is 10.2. The van der Waals surface area contributed by atoms with Crippen LogP contribution in [0.1, 0.15) is 5.56 Å². The summed E-state index contributed by atoms with van der Waals surface area (Å²) in [5, 5.41) is 10.6. The molecule has 0 amide bonds. The van der Waals surface area contributed by atoms with E-state index in [9.17, 15) is 10.1 Å². The van der Waals surface area contributed by atoms with Crippen molar-refractivity contribution in [2.75, 3.05) is 7.11 Å². The van der Waals surface area contributed by atoms with Crippen molar-refractivity contribution in [3.8, 4) is 16.9 Å². The van der Waals surface area contributed by atoms with Crippen LogP contribution in [0, 0.1) is 17.0 Å². The number of nitro groups is 1. The number of hydrogen-bond donors (Lipinski definition) is 0. The first-order valence-corrected chi connectivity index (χ1v) is 5.51. The molecule has 18 heavy (non-hydrogen) atoms. The smallest absolute Gasteiger partial charge is 0.269 e. The van der Waals surface area contributed by atoms with E-state index < -0.39 is 4.92 Å². The lowest BCUT2D eigenvalue weighted by Crippen LogP contribution is -1.90. The molecule has 0 atom stereocenters. The lowest BCUT2D eigenvalue weighted by atomic mass is 10.0. The first-order chi connectivity index (χ1) is 8.61. The third kappa shape index (κ3) is 2.32. The van der Waals surface area contributed by atoms with Crippen LogP contribution >= 0.6 is 0 Å². The predicted octanol–water partition coefficient (Wildman–Crippen LogP) is 3.58. The molecule has 0 heterocycles. The average molecular weight is 243 g/mol. The Kier molecular flexibility index (Phi) is 3.28. The van der Waals surface area contributed by atoms with Crippen LogP contribution in [0.2, 0.25) is 0 Å². The summed E-state index contributed by atoms with van der Waals surface area (Å²) in [6.45, 7) is 1.99. The molecule has 0 aliphatic rings. The standard InChI is InChI=1S/C14H13NO3/c1-10-3-8-13(14(9-10)18-2)11-4-6-12(7-5-11)15(16)17/h3-9H,1-2H3. The van der Waals surface area contributed by atoms with Crippen LogP contribution in [-0.4, -0.2) is 12.0 Å². The van der Waals surface area contributed by atoms with Crippen LogP contribution in [-0.2, 0) is 0 Å². The highest BCUT2D eigenvalue weighted by molar-refractivity contribution is 5.71. The summed E-state index contributed by atoms with van der Waals surface area (Å²) in [6, 6.07) is 12.3. The molecule has 0 aliphatic carbocycles. The highest BCUT2D eigenvalue weighted by atomic mass is 16.6. The molecule has 0 saturated carbocycles. The first kappa shape index (κ1) is 12.1. The molecule has 0 saturated heterocycles. The molecule has 0 radical (unpaired) electrons. The second kappa shape index (κ2) is 4.87.